The third kappa shape index (κ3) is 2.43. The lowest BCUT2D eigenvalue weighted by molar-refractivity contribution is 0.609. The van der Waals surface area contributed by atoms with Gasteiger partial charge in [-0.15, -0.1) is 5.10 Å². The fourth-order valence-electron chi connectivity index (χ4n) is 3.48. The predicted molar refractivity (Wildman–Crippen MR) is 103 cm³/mol. The monoisotopic (exact) mass is 384 g/mol. The zero-order valence-corrected chi connectivity index (χ0v) is 15.6. The Hall–Kier alpha value is -2.87. The zero-order valence-electron chi connectivity index (χ0n) is 14.9. The zero-order chi connectivity index (χ0) is 18.9. The lowest BCUT2D eigenvalue weighted by Gasteiger charge is -2.07. The van der Waals surface area contributed by atoms with Gasteiger partial charge < -0.3 is 0 Å². The first-order valence-corrected chi connectivity index (χ1v) is 9.13. The minimum atomic E-state index is -0.442. The Balaban J connectivity index is 1.77. The van der Waals surface area contributed by atoms with Gasteiger partial charge in [0, 0.05) is 32.2 Å². The molecule has 0 saturated heterocycles. The maximum atomic E-state index is 12.9. The van der Waals surface area contributed by atoms with Crippen LogP contribution in [0.15, 0.2) is 34.0 Å². The molecule has 138 valence electrons. The largest absolute Gasteiger partial charge is 0.330 e. The summed E-state index contributed by atoms with van der Waals surface area (Å²) in [5, 5.41) is 9.70. The molecule has 0 bridgehead atoms. The topological polar surface area (TPSA) is 79.6 Å². The van der Waals surface area contributed by atoms with Crippen LogP contribution in [0.5, 0.6) is 0 Å². The van der Waals surface area contributed by atoms with E-state index in [9.17, 15) is 9.59 Å². The van der Waals surface area contributed by atoms with Gasteiger partial charge in [0.15, 0.2) is 5.65 Å². The molecule has 0 unspecified atom stereocenters. The number of nitrogens with zero attached hydrogens (tertiary/aromatic N) is 6. The molecule has 3 heterocycles. The number of fused-ring (bicyclic) bond motifs is 2. The van der Waals surface area contributed by atoms with Crippen LogP contribution >= 0.6 is 11.6 Å². The lowest BCUT2D eigenvalue weighted by Crippen LogP contribution is -2.23. The number of aryl methyl sites for hydroxylation is 2. The van der Waals surface area contributed by atoms with Crippen LogP contribution in [0.2, 0.25) is 5.02 Å². The Kier molecular flexibility index (Phi) is 3.36. The summed E-state index contributed by atoms with van der Waals surface area (Å²) in [6, 6.07) is 5.43. The summed E-state index contributed by atoms with van der Waals surface area (Å²) in [6.07, 6.45) is 4.05. The minimum absolute atomic E-state index is 0.0182. The summed E-state index contributed by atoms with van der Waals surface area (Å²) < 4.78 is 5.99. The van der Waals surface area contributed by atoms with Gasteiger partial charge in [0.05, 0.1) is 11.2 Å². The molecule has 0 spiro atoms. The Bertz CT molecular complexity index is 1340. The Morgan fingerprint density at radius 2 is 1.96 bits per heavy atom. The maximum Gasteiger partial charge on any atom is 0.330 e. The third-order valence-electron chi connectivity index (χ3n) is 5.08. The molecule has 0 atom stereocenters. The molecule has 1 saturated carbocycles. The number of hydrogen-bond donors (Lipinski definition) is 0. The second-order valence-electron chi connectivity index (χ2n) is 7.14. The van der Waals surface area contributed by atoms with Gasteiger partial charge in [-0.3, -0.25) is 18.6 Å². The standard InChI is InChI=1S/C18H17ClN6O2/c1-22-9-11-7-12(5-6-13(11)20-22)25-17(26)14(19)15-16(21-25)23(2)18(27)24(15)8-10-3-4-10/h5-7,9-10H,3-4,8H2,1-2H3. The Morgan fingerprint density at radius 3 is 2.70 bits per heavy atom. The molecule has 1 aliphatic rings. The molecule has 0 radical (unpaired) electrons. The van der Waals surface area contributed by atoms with Gasteiger partial charge in [-0.05, 0) is 37.0 Å². The smallest absolute Gasteiger partial charge is 0.289 e. The second kappa shape index (κ2) is 5.56. The molecule has 5 rings (SSSR count). The molecule has 0 aliphatic heterocycles. The van der Waals surface area contributed by atoms with Crippen LogP contribution < -0.4 is 11.2 Å². The maximum absolute atomic E-state index is 12.9. The van der Waals surface area contributed by atoms with Crippen molar-refractivity contribution in [3.8, 4) is 5.69 Å². The van der Waals surface area contributed by atoms with Crippen LogP contribution in [0.3, 0.4) is 0 Å². The molecular weight excluding hydrogens is 368 g/mol. The average molecular weight is 385 g/mol. The first-order chi connectivity index (χ1) is 12.9. The summed E-state index contributed by atoms with van der Waals surface area (Å²) in [6.45, 7) is 0.572. The highest BCUT2D eigenvalue weighted by Crippen LogP contribution is 2.31. The van der Waals surface area contributed by atoms with E-state index in [0.717, 1.165) is 23.7 Å². The van der Waals surface area contributed by atoms with E-state index in [2.05, 4.69) is 10.2 Å². The third-order valence-corrected chi connectivity index (χ3v) is 5.43. The molecule has 1 aliphatic carbocycles. The molecule has 1 fully saturated rings. The Morgan fingerprint density at radius 1 is 1.19 bits per heavy atom. The number of benzene rings is 1. The molecule has 0 amide bonds. The SMILES string of the molecule is Cn1cc2cc(-n3nc4c(c(Cl)c3=O)n(CC3CC3)c(=O)n4C)ccc2n1. The van der Waals surface area contributed by atoms with Crippen molar-refractivity contribution in [2.45, 2.75) is 19.4 Å². The summed E-state index contributed by atoms with van der Waals surface area (Å²) in [4.78, 5) is 25.6. The van der Waals surface area contributed by atoms with Crippen LogP contribution in [-0.4, -0.2) is 28.7 Å². The van der Waals surface area contributed by atoms with E-state index in [-0.39, 0.29) is 10.7 Å². The molecule has 1 aromatic carbocycles. The van der Waals surface area contributed by atoms with Gasteiger partial charge in [-0.25, -0.2) is 4.79 Å². The van der Waals surface area contributed by atoms with Crippen LogP contribution in [0, 0.1) is 5.92 Å². The van der Waals surface area contributed by atoms with Crippen LogP contribution in [-0.2, 0) is 20.6 Å². The lowest BCUT2D eigenvalue weighted by atomic mass is 10.2. The first kappa shape index (κ1) is 16.3. The fourth-order valence-corrected chi connectivity index (χ4v) is 3.75. The van der Waals surface area contributed by atoms with Gasteiger partial charge in [0.1, 0.15) is 10.5 Å². The number of hydrogen-bond acceptors (Lipinski definition) is 4. The van der Waals surface area contributed by atoms with Gasteiger partial charge in [-0.1, -0.05) is 11.6 Å². The summed E-state index contributed by atoms with van der Waals surface area (Å²) in [5.74, 6) is 0.472. The van der Waals surface area contributed by atoms with Crippen molar-refractivity contribution in [3.63, 3.8) is 0 Å². The molecule has 8 nitrogen and oxygen atoms in total. The van der Waals surface area contributed by atoms with Crippen molar-refractivity contribution < 1.29 is 0 Å². The molecule has 0 N–H and O–H groups in total. The highest BCUT2D eigenvalue weighted by Gasteiger charge is 2.27. The minimum Gasteiger partial charge on any atom is -0.289 e. The summed E-state index contributed by atoms with van der Waals surface area (Å²) >= 11 is 6.43. The number of halogens is 1. The number of imidazole rings is 1. The molecule has 4 aromatic rings. The molecular formula is C18H17ClN6O2. The van der Waals surface area contributed by atoms with E-state index in [0.29, 0.717) is 29.3 Å². The van der Waals surface area contributed by atoms with Crippen molar-refractivity contribution >= 4 is 33.7 Å². The van der Waals surface area contributed by atoms with Gasteiger partial charge in [0.25, 0.3) is 5.56 Å². The quantitative estimate of drug-likeness (QED) is 0.540. The van der Waals surface area contributed by atoms with Gasteiger partial charge in [0.2, 0.25) is 0 Å². The van der Waals surface area contributed by atoms with E-state index in [1.165, 1.54) is 9.25 Å². The fraction of sp³-hybridized carbons (Fsp3) is 0.333. The van der Waals surface area contributed by atoms with Crippen LogP contribution in [0.4, 0.5) is 0 Å². The van der Waals surface area contributed by atoms with Crippen LogP contribution in [0.1, 0.15) is 12.8 Å². The summed E-state index contributed by atoms with van der Waals surface area (Å²) in [5.41, 5.74) is 1.57. The summed E-state index contributed by atoms with van der Waals surface area (Å²) in [7, 11) is 3.49. The first-order valence-electron chi connectivity index (χ1n) is 8.76. The van der Waals surface area contributed by atoms with Gasteiger partial charge >= 0.3 is 5.69 Å². The van der Waals surface area contributed by atoms with E-state index in [4.69, 9.17) is 11.6 Å². The van der Waals surface area contributed by atoms with E-state index in [1.54, 1.807) is 22.4 Å². The Labute approximate surface area is 158 Å². The molecule has 9 heteroatoms. The van der Waals surface area contributed by atoms with E-state index in [1.807, 2.05) is 25.4 Å². The number of rotatable bonds is 3. The van der Waals surface area contributed by atoms with Crippen LogP contribution in [0.25, 0.3) is 27.8 Å². The van der Waals surface area contributed by atoms with Crippen molar-refractivity contribution in [2.75, 3.05) is 0 Å². The highest BCUT2D eigenvalue weighted by molar-refractivity contribution is 6.34. The molecule has 3 aromatic heterocycles. The van der Waals surface area contributed by atoms with Crippen molar-refractivity contribution in [1.29, 1.82) is 0 Å². The van der Waals surface area contributed by atoms with Gasteiger partial charge in [-0.2, -0.15) is 9.78 Å². The highest BCUT2D eigenvalue weighted by atomic mass is 35.5. The van der Waals surface area contributed by atoms with E-state index >= 15 is 0 Å². The average Bonchev–Trinajstić information content (AvgIpc) is 3.34. The van der Waals surface area contributed by atoms with Crippen molar-refractivity contribution in [2.24, 2.45) is 20.0 Å². The normalized spacial score (nSPS) is 14.5. The second-order valence-corrected chi connectivity index (χ2v) is 7.52. The van der Waals surface area contributed by atoms with Crippen molar-refractivity contribution in [1.82, 2.24) is 28.7 Å². The number of aromatic nitrogens is 6. The molecule has 27 heavy (non-hydrogen) atoms. The van der Waals surface area contributed by atoms with Crippen molar-refractivity contribution in [3.05, 3.63) is 50.3 Å². The van der Waals surface area contributed by atoms with E-state index < -0.39 is 5.56 Å². The predicted octanol–water partition coefficient (Wildman–Crippen LogP) is 1.84.